The van der Waals surface area contributed by atoms with Gasteiger partial charge in [0.1, 0.15) is 10.6 Å². The number of aryl methyl sites for hydroxylation is 2. The van der Waals surface area contributed by atoms with E-state index < -0.39 is 10.0 Å². The first-order valence-corrected chi connectivity index (χ1v) is 9.42. The van der Waals surface area contributed by atoms with Crippen LogP contribution in [0.15, 0.2) is 21.7 Å². The maximum atomic E-state index is 12.8. The van der Waals surface area contributed by atoms with Crippen LogP contribution in [0.25, 0.3) is 0 Å². The molecule has 0 aliphatic carbocycles. The summed E-state index contributed by atoms with van der Waals surface area (Å²) in [6, 6.07) is 1.95. The number of aromatic nitrogens is 3. The van der Waals surface area contributed by atoms with Crippen LogP contribution < -0.4 is 9.80 Å². The van der Waals surface area contributed by atoms with Crippen LogP contribution in [0.3, 0.4) is 0 Å². The molecule has 0 unspecified atom stereocenters. The van der Waals surface area contributed by atoms with E-state index in [-0.39, 0.29) is 4.90 Å². The minimum Gasteiger partial charge on any atom is -0.376 e. The molecule has 3 heterocycles. The monoisotopic (exact) mass is 366 g/mol. The second kappa shape index (κ2) is 6.60. The van der Waals surface area contributed by atoms with Crippen molar-refractivity contribution in [2.75, 3.05) is 50.1 Å². The fourth-order valence-electron chi connectivity index (χ4n) is 2.87. The van der Waals surface area contributed by atoms with Gasteiger partial charge in [-0.15, -0.1) is 5.10 Å². The van der Waals surface area contributed by atoms with Crippen LogP contribution in [0.1, 0.15) is 11.5 Å². The highest BCUT2D eigenvalue weighted by Gasteiger charge is 2.33. The summed E-state index contributed by atoms with van der Waals surface area (Å²) < 4.78 is 32.2. The topological polar surface area (TPSA) is 95.7 Å². The molecule has 0 saturated carbocycles. The fourth-order valence-corrected chi connectivity index (χ4v) is 4.59. The molecule has 3 rings (SSSR count). The van der Waals surface area contributed by atoms with E-state index in [1.807, 2.05) is 30.0 Å². The zero-order chi connectivity index (χ0) is 18.2. The second-order valence-corrected chi connectivity index (χ2v) is 8.09. The molecule has 0 radical (unpaired) electrons. The molecule has 1 fully saturated rings. The van der Waals surface area contributed by atoms with Gasteiger partial charge < -0.3 is 14.3 Å². The van der Waals surface area contributed by atoms with Crippen molar-refractivity contribution < 1.29 is 12.9 Å². The lowest BCUT2D eigenvalue weighted by Gasteiger charge is -2.34. The Morgan fingerprint density at radius 3 is 2.40 bits per heavy atom. The standard InChI is InChI=1S/C15H22N6O3S/c1-11-15(12(2)24-18-11)25(22,23)21-7-5-20(6-8-21)14-9-13(19(3)4)10-16-17-14/h9-10H,5-8H2,1-4H3. The molecule has 2 aromatic heterocycles. The van der Waals surface area contributed by atoms with Crippen molar-refractivity contribution in [3.8, 4) is 0 Å². The van der Waals surface area contributed by atoms with Gasteiger partial charge in [-0.3, -0.25) is 0 Å². The molecule has 0 aromatic carbocycles. The number of nitrogens with zero attached hydrogens (tertiary/aromatic N) is 6. The van der Waals surface area contributed by atoms with Gasteiger partial charge >= 0.3 is 0 Å². The van der Waals surface area contributed by atoms with Crippen molar-refractivity contribution in [2.24, 2.45) is 0 Å². The Hall–Kier alpha value is -2.20. The highest BCUT2D eigenvalue weighted by molar-refractivity contribution is 7.89. The molecular weight excluding hydrogens is 344 g/mol. The Morgan fingerprint density at radius 2 is 1.84 bits per heavy atom. The van der Waals surface area contributed by atoms with E-state index in [1.54, 1.807) is 20.0 Å². The van der Waals surface area contributed by atoms with E-state index in [1.165, 1.54) is 4.31 Å². The minimum absolute atomic E-state index is 0.176. The van der Waals surface area contributed by atoms with Gasteiger partial charge in [-0.1, -0.05) is 5.16 Å². The zero-order valence-corrected chi connectivity index (χ0v) is 15.6. The number of anilines is 2. The van der Waals surface area contributed by atoms with Gasteiger partial charge in [-0.2, -0.15) is 9.40 Å². The first-order chi connectivity index (χ1) is 11.8. The number of hydrogen-bond donors (Lipinski definition) is 0. The number of piperazine rings is 1. The van der Waals surface area contributed by atoms with Gasteiger partial charge in [0.25, 0.3) is 0 Å². The number of hydrogen-bond acceptors (Lipinski definition) is 8. The lowest BCUT2D eigenvalue weighted by Crippen LogP contribution is -2.49. The molecule has 10 heteroatoms. The largest absolute Gasteiger partial charge is 0.376 e. The van der Waals surface area contributed by atoms with Crippen molar-refractivity contribution >= 4 is 21.5 Å². The van der Waals surface area contributed by atoms with E-state index in [0.29, 0.717) is 37.6 Å². The summed E-state index contributed by atoms with van der Waals surface area (Å²) in [7, 11) is 0.278. The van der Waals surface area contributed by atoms with Gasteiger partial charge in [0, 0.05) is 46.3 Å². The first kappa shape index (κ1) is 17.6. The molecule has 0 N–H and O–H groups in total. The highest BCUT2D eigenvalue weighted by Crippen LogP contribution is 2.25. The van der Waals surface area contributed by atoms with Gasteiger partial charge in [0.05, 0.1) is 11.9 Å². The fraction of sp³-hybridized carbons (Fsp3) is 0.533. The lowest BCUT2D eigenvalue weighted by atomic mass is 10.3. The molecule has 0 spiro atoms. The van der Waals surface area contributed by atoms with E-state index in [0.717, 1.165) is 11.5 Å². The maximum absolute atomic E-state index is 12.8. The molecule has 1 aliphatic rings. The van der Waals surface area contributed by atoms with Gasteiger partial charge in [-0.25, -0.2) is 8.42 Å². The smallest absolute Gasteiger partial charge is 0.248 e. The zero-order valence-electron chi connectivity index (χ0n) is 14.8. The van der Waals surface area contributed by atoms with Crippen molar-refractivity contribution in [3.05, 3.63) is 23.7 Å². The Bertz CT molecular complexity index is 836. The van der Waals surface area contributed by atoms with E-state index >= 15 is 0 Å². The number of rotatable bonds is 4. The van der Waals surface area contributed by atoms with E-state index in [4.69, 9.17) is 4.52 Å². The van der Waals surface area contributed by atoms with Crippen LogP contribution in [0.5, 0.6) is 0 Å². The van der Waals surface area contributed by atoms with E-state index in [2.05, 4.69) is 15.4 Å². The molecule has 9 nitrogen and oxygen atoms in total. The van der Waals surface area contributed by atoms with Gasteiger partial charge in [0.2, 0.25) is 10.0 Å². The predicted molar refractivity (Wildman–Crippen MR) is 93.3 cm³/mol. The molecule has 1 saturated heterocycles. The van der Waals surface area contributed by atoms with Crippen LogP contribution in [0.4, 0.5) is 11.5 Å². The Balaban J connectivity index is 1.75. The van der Waals surface area contributed by atoms with Gasteiger partial charge in [0.15, 0.2) is 11.6 Å². The van der Waals surface area contributed by atoms with Crippen LogP contribution in [-0.2, 0) is 10.0 Å². The molecular formula is C15H22N6O3S. The summed E-state index contributed by atoms with van der Waals surface area (Å²) in [4.78, 5) is 4.17. The third-order valence-corrected chi connectivity index (χ3v) is 6.42. The van der Waals surface area contributed by atoms with Crippen LogP contribution in [-0.4, -0.2) is 68.4 Å². The summed E-state index contributed by atoms with van der Waals surface area (Å²) in [5, 5.41) is 11.9. The maximum Gasteiger partial charge on any atom is 0.248 e. The molecule has 25 heavy (non-hydrogen) atoms. The lowest BCUT2D eigenvalue weighted by molar-refractivity contribution is 0.377. The Labute approximate surface area is 147 Å². The molecule has 1 aliphatic heterocycles. The van der Waals surface area contributed by atoms with Crippen molar-refractivity contribution in [1.82, 2.24) is 19.7 Å². The second-order valence-electron chi connectivity index (χ2n) is 6.21. The normalized spacial score (nSPS) is 16.2. The molecule has 0 bridgehead atoms. The van der Waals surface area contributed by atoms with Crippen molar-refractivity contribution in [1.29, 1.82) is 0 Å². The Kier molecular flexibility index (Phi) is 4.65. The summed E-state index contributed by atoms with van der Waals surface area (Å²) in [5.74, 6) is 1.07. The highest BCUT2D eigenvalue weighted by atomic mass is 32.2. The van der Waals surface area contributed by atoms with Gasteiger partial charge in [-0.05, 0) is 13.8 Å². The third kappa shape index (κ3) is 3.31. The van der Waals surface area contributed by atoms with Crippen LogP contribution in [0.2, 0.25) is 0 Å². The summed E-state index contributed by atoms with van der Waals surface area (Å²) in [6.45, 7) is 5.11. The molecule has 2 aromatic rings. The predicted octanol–water partition coefficient (Wildman–Crippen LogP) is 0.658. The third-order valence-electron chi connectivity index (χ3n) is 4.27. The average Bonchev–Trinajstić information content (AvgIpc) is 2.94. The van der Waals surface area contributed by atoms with E-state index in [9.17, 15) is 8.42 Å². The Morgan fingerprint density at radius 1 is 1.16 bits per heavy atom. The minimum atomic E-state index is -3.60. The average molecular weight is 366 g/mol. The molecule has 136 valence electrons. The SMILES string of the molecule is Cc1noc(C)c1S(=O)(=O)N1CCN(c2cc(N(C)C)cnn2)CC1. The first-order valence-electron chi connectivity index (χ1n) is 7.98. The van der Waals surface area contributed by atoms with Crippen molar-refractivity contribution in [3.63, 3.8) is 0 Å². The quantitative estimate of drug-likeness (QED) is 0.779. The summed E-state index contributed by atoms with van der Waals surface area (Å²) in [5.41, 5.74) is 1.35. The number of sulfonamides is 1. The summed E-state index contributed by atoms with van der Waals surface area (Å²) >= 11 is 0. The van der Waals surface area contributed by atoms with Crippen molar-refractivity contribution in [2.45, 2.75) is 18.7 Å². The summed E-state index contributed by atoms with van der Waals surface area (Å²) in [6.07, 6.45) is 1.70. The van der Waals surface area contributed by atoms with Crippen LogP contribution in [0, 0.1) is 13.8 Å². The molecule has 0 atom stereocenters. The van der Waals surface area contributed by atoms with Crippen LogP contribution >= 0.6 is 0 Å². The molecule has 0 amide bonds.